The van der Waals surface area contributed by atoms with Crippen LogP contribution in [0.4, 0.5) is 0 Å². The van der Waals surface area contributed by atoms with Crippen LogP contribution >= 0.6 is 12.4 Å². The molecule has 5 heteroatoms. The van der Waals surface area contributed by atoms with Gasteiger partial charge in [0.25, 0.3) is 0 Å². The number of carbonyl (C=O) groups excluding carboxylic acids is 1. The molecule has 0 unspecified atom stereocenters. The van der Waals surface area contributed by atoms with Gasteiger partial charge in [0.15, 0.2) is 0 Å². The molecule has 2 aromatic rings. The Balaban J connectivity index is 0.00000256. The van der Waals surface area contributed by atoms with E-state index < -0.39 is 0 Å². The molecule has 4 rings (SSSR count). The Hall–Kier alpha value is -1.62. The van der Waals surface area contributed by atoms with E-state index in [0.29, 0.717) is 12.3 Å². The number of benzene rings is 2. The molecule has 0 aromatic heterocycles. The zero-order chi connectivity index (χ0) is 19.9. The third-order valence-corrected chi connectivity index (χ3v) is 6.41. The first-order valence-electron chi connectivity index (χ1n) is 11.5. The van der Waals surface area contributed by atoms with Gasteiger partial charge in [-0.2, -0.15) is 0 Å². The van der Waals surface area contributed by atoms with Gasteiger partial charge in [0.05, 0.1) is 6.42 Å². The second-order valence-electron chi connectivity index (χ2n) is 8.78. The number of halogens is 1. The lowest BCUT2D eigenvalue weighted by molar-refractivity contribution is -0.131. The minimum absolute atomic E-state index is 0. The average molecular weight is 430 g/mol. The monoisotopic (exact) mass is 429 g/mol. The van der Waals surface area contributed by atoms with Crippen LogP contribution in [0.15, 0.2) is 42.5 Å². The van der Waals surface area contributed by atoms with Crippen LogP contribution in [0.5, 0.6) is 0 Å². The van der Waals surface area contributed by atoms with Crippen LogP contribution in [0.2, 0.25) is 0 Å². The number of likely N-dealkylation sites (tertiary alicyclic amines) is 1. The van der Waals surface area contributed by atoms with Crippen molar-refractivity contribution in [1.82, 2.24) is 15.5 Å². The fourth-order valence-corrected chi connectivity index (χ4v) is 4.38. The highest BCUT2D eigenvalue weighted by molar-refractivity contribution is 5.90. The van der Waals surface area contributed by atoms with Gasteiger partial charge in [0.1, 0.15) is 0 Å². The summed E-state index contributed by atoms with van der Waals surface area (Å²) in [4.78, 5) is 14.9. The van der Waals surface area contributed by atoms with Crippen molar-refractivity contribution in [3.63, 3.8) is 0 Å². The van der Waals surface area contributed by atoms with E-state index in [2.05, 4.69) is 58.0 Å². The molecule has 0 spiro atoms. The lowest BCUT2D eigenvalue weighted by atomic mass is 9.95. The van der Waals surface area contributed by atoms with Crippen LogP contribution in [0.25, 0.3) is 10.8 Å². The Morgan fingerprint density at radius 1 is 0.933 bits per heavy atom. The number of nitrogens with zero attached hydrogens (tertiary/aromatic N) is 1. The summed E-state index contributed by atoms with van der Waals surface area (Å²) >= 11 is 0. The summed E-state index contributed by atoms with van der Waals surface area (Å²) < 4.78 is 0. The summed E-state index contributed by atoms with van der Waals surface area (Å²) in [6.07, 6.45) is 8.03. The molecule has 1 aliphatic heterocycles. The molecule has 30 heavy (non-hydrogen) atoms. The number of piperidine rings is 1. The minimum Gasteiger partial charge on any atom is -0.342 e. The number of carbonyl (C=O) groups is 1. The second-order valence-corrected chi connectivity index (χ2v) is 8.78. The number of hydrogen-bond acceptors (Lipinski definition) is 3. The number of unbranched alkanes of at least 4 members (excludes halogenated alkanes) is 1. The predicted octanol–water partition coefficient (Wildman–Crippen LogP) is 4.16. The van der Waals surface area contributed by atoms with Crippen LogP contribution in [0, 0.1) is 5.92 Å². The van der Waals surface area contributed by atoms with Crippen molar-refractivity contribution in [3.05, 3.63) is 48.0 Å². The van der Waals surface area contributed by atoms with E-state index in [1.54, 1.807) is 0 Å². The SMILES string of the molecule is Cl.O=C(Cc1cccc2ccccc12)N1CCC(CNCCCCNC2CC2)CC1. The molecule has 2 fully saturated rings. The van der Waals surface area contributed by atoms with Gasteiger partial charge in [-0.3, -0.25) is 4.79 Å². The fourth-order valence-electron chi connectivity index (χ4n) is 4.38. The van der Waals surface area contributed by atoms with Crippen molar-refractivity contribution in [3.8, 4) is 0 Å². The first-order valence-corrected chi connectivity index (χ1v) is 11.5. The Bertz CT molecular complexity index is 795. The van der Waals surface area contributed by atoms with Gasteiger partial charge in [0.2, 0.25) is 5.91 Å². The molecule has 164 valence electrons. The highest BCUT2D eigenvalue weighted by Crippen LogP contribution is 2.22. The van der Waals surface area contributed by atoms with Crippen molar-refractivity contribution in [2.75, 3.05) is 32.7 Å². The zero-order valence-electron chi connectivity index (χ0n) is 17.9. The molecule has 2 aliphatic rings. The van der Waals surface area contributed by atoms with Crippen LogP contribution in [0.3, 0.4) is 0 Å². The lowest BCUT2D eigenvalue weighted by Crippen LogP contribution is -2.41. The van der Waals surface area contributed by atoms with E-state index in [4.69, 9.17) is 0 Å². The molecule has 0 radical (unpaired) electrons. The van der Waals surface area contributed by atoms with E-state index in [-0.39, 0.29) is 18.3 Å². The molecule has 2 N–H and O–H groups in total. The van der Waals surface area contributed by atoms with Crippen molar-refractivity contribution < 1.29 is 4.79 Å². The Morgan fingerprint density at radius 2 is 1.67 bits per heavy atom. The van der Waals surface area contributed by atoms with E-state index in [1.165, 1.54) is 43.0 Å². The van der Waals surface area contributed by atoms with Crippen LogP contribution in [-0.4, -0.2) is 49.6 Å². The summed E-state index contributed by atoms with van der Waals surface area (Å²) in [6.45, 7) is 5.19. The maximum atomic E-state index is 12.8. The Kier molecular flexibility index (Phi) is 8.98. The molecule has 0 bridgehead atoms. The van der Waals surface area contributed by atoms with Crippen LogP contribution in [0.1, 0.15) is 44.1 Å². The largest absolute Gasteiger partial charge is 0.342 e. The topological polar surface area (TPSA) is 44.4 Å². The van der Waals surface area contributed by atoms with Crippen molar-refractivity contribution in [1.29, 1.82) is 0 Å². The van der Waals surface area contributed by atoms with Gasteiger partial charge < -0.3 is 15.5 Å². The van der Waals surface area contributed by atoms with Crippen LogP contribution in [-0.2, 0) is 11.2 Å². The molecular formula is C25H36ClN3O. The third-order valence-electron chi connectivity index (χ3n) is 6.41. The summed E-state index contributed by atoms with van der Waals surface area (Å²) in [5.74, 6) is 0.983. The summed E-state index contributed by atoms with van der Waals surface area (Å²) in [5, 5.41) is 9.62. The lowest BCUT2D eigenvalue weighted by Gasteiger charge is -2.32. The second kappa shape index (κ2) is 11.7. The van der Waals surface area contributed by atoms with Crippen molar-refractivity contribution >= 4 is 29.1 Å². The third kappa shape index (κ3) is 6.69. The smallest absolute Gasteiger partial charge is 0.227 e. The van der Waals surface area contributed by atoms with Gasteiger partial charge >= 0.3 is 0 Å². The minimum atomic E-state index is 0. The molecule has 2 aromatic carbocycles. The molecule has 1 aliphatic carbocycles. The highest BCUT2D eigenvalue weighted by atomic mass is 35.5. The van der Waals surface area contributed by atoms with Crippen molar-refractivity contribution in [2.45, 2.75) is 51.0 Å². The fraction of sp³-hybridized carbons (Fsp3) is 0.560. The summed E-state index contributed by atoms with van der Waals surface area (Å²) in [6, 6.07) is 15.4. The van der Waals surface area contributed by atoms with E-state index in [1.807, 2.05) is 0 Å². The van der Waals surface area contributed by atoms with Crippen LogP contribution < -0.4 is 10.6 Å². The zero-order valence-corrected chi connectivity index (χ0v) is 18.8. The number of amides is 1. The molecule has 1 heterocycles. The maximum absolute atomic E-state index is 12.8. The first kappa shape index (κ1) is 23.1. The Morgan fingerprint density at radius 3 is 2.47 bits per heavy atom. The number of rotatable bonds is 10. The summed E-state index contributed by atoms with van der Waals surface area (Å²) in [5.41, 5.74) is 1.15. The van der Waals surface area contributed by atoms with E-state index in [9.17, 15) is 4.79 Å². The molecule has 1 saturated carbocycles. The van der Waals surface area contributed by atoms with E-state index >= 15 is 0 Å². The number of fused-ring (bicyclic) bond motifs is 1. The van der Waals surface area contributed by atoms with Crippen molar-refractivity contribution in [2.24, 2.45) is 5.92 Å². The van der Waals surface area contributed by atoms with Gasteiger partial charge in [0, 0.05) is 19.1 Å². The Labute approximate surface area is 187 Å². The first-order chi connectivity index (χ1) is 14.3. The molecule has 1 amide bonds. The highest BCUT2D eigenvalue weighted by Gasteiger charge is 2.23. The molecule has 4 nitrogen and oxygen atoms in total. The van der Waals surface area contributed by atoms with Gasteiger partial charge in [-0.15, -0.1) is 12.4 Å². The number of hydrogen-bond donors (Lipinski definition) is 2. The standard InChI is InChI=1S/C25H35N3O.ClH/c29-25(18-22-8-5-7-21-6-1-2-9-24(21)22)28-16-12-20(13-17-28)19-26-14-3-4-15-27-23-10-11-23;/h1-2,5-9,20,23,26-27H,3-4,10-19H2;1H. The average Bonchev–Trinajstić information content (AvgIpc) is 3.58. The van der Waals surface area contributed by atoms with Gasteiger partial charge in [-0.05, 0) is 80.4 Å². The normalized spacial score (nSPS) is 17.1. The summed E-state index contributed by atoms with van der Waals surface area (Å²) in [7, 11) is 0. The van der Waals surface area contributed by atoms with Gasteiger partial charge in [-0.25, -0.2) is 0 Å². The van der Waals surface area contributed by atoms with Gasteiger partial charge in [-0.1, -0.05) is 42.5 Å². The maximum Gasteiger partial charge on any atom is 0.227 e. The number of nitrogens with one attached hydrogen (secondary N) is 2. The molecule has 1 saturated heterocycles. The molecular weight excluding hydrogens is 394 g/mol. The van der Waals surface area contributed by atoms with E-state index in [0.717, 1.165) is 50.6 Å². The molecule has 0 atom stereocenters. The predicted molar refractivity (Wildman–Crippen MR) is 127 cm³/mol. The quantitative estimate of drug-likeness (QED) is 0.557.